The van der Waals surface area contributed by atoms with Crippen molar-refractivity contribution in [2.75, 3.05) is 0 Å². The van der Waals surface area contributed by atoms with E-state index in [1.807, 2.05) is 24.4 Å². The third-order valence-electron chi connectivity index (χ3n) is 8.33. The highest BCUT2D eigenvalue weighted by Gasteiger charge is 2.24. The monoisotopic (exact) mass is 602 g/mol. The van der Waals surface area contributed by atoms with E-state index >= 15 is 0 Å². The molecule has 0 aliphatic carbocycles. The number of phenols is 1. The molecule has 228 valence electrons. The van der Waals surface area contributed by atoms with Gasteiger partial charge in [-0.1, -0.05) is 118 Å². The molecule has 4 heteroatoms. The molecule has 0 unspecified atom stereocenters. The first-order valence-electron chi connectivity index (χ1n) is 15.7. The van der Waals surface area contributed by atoms with Crippen molar-refractivity contribution in [3.63, 3.8) is 0 Å². The summed E-state index contributed by atoms with van der Waals surface area (Å²) in [4.78, 5) is 10.2. The lowest BCUT2D eigenvalue weighted by molar-refractivity contribution is 0.444. The van der Waals surface area contributed by atoms with Crippen molar-refractivity contribution < 1.29 is 5.11 Å². The Bertz CT molecular complexity index is 1820. The predicted molar refractivity (Wildman–Crippen MR) is 191 cm³/mol. The number of benzene rings is 4. The van der Waals surface area contributed by atoms with E-state index in [0.29, 0.717) is 17.6 Å². The Balaban J connectivity index is 1.61. The normalized spacial score (nSPS) is 12.7. The van der Waals surface area contributed by atoms with E-state index in [1.54, 1.807) is 11.3 Å². The van der Waals surface area contributed by atoms with Crippen LogP contribution < -0.4 is 0 Å². The SMILES string of the molecule is CC(C)c1cc(-c2cccc3sc(-c4ccccc4N=Cc4cc(C(C)(C)C)cc(C(C)(C)C)c4O)nc23)cc(C(C)C)c1. The van der Waals surface area contributed by atoms with Crippen LogP contribution >= 0.6 is 11.3 Å². The van der Waals surface area contributed by atoms with E-state index in [1.165, 1.54) is 22.3 Å². The van der Waals surface area contributed by atoms with Crippen molar-refractivity contribution in [1.29, 1.82) is 0 Å². The highest BCUT2D eigenvalue weighted by Crippen LogP contribution is 2.41. The van der Waals surface area contributed by atoms with Gasteiger partial charge in [-0.05, 0) is 69.2 Å². The van der Waals surface area contributed by atoms with E-state index in [0.717, 1.165) is 43.2 Å². The molecule has 0 fully saturated rings. The van der Waals surface area contributed by atoms with Crippen LogP contribution in [-0.2, 0) is 10.8 Å². The standard InChI is InChI=1S/C40H46N2OS/c1-24(2)26-18-27(25(3)4)20-28(19-26)31-15-13-17-35-36(31)42-38(44-35)32-14-11-12-16-34(32)41-23-29-21-30(39(5,6)7)22-33(37(29)43)40(8,9)10/h11-25,43H,1-10H3. The maximum absolute atomic E-state index is 11.3. The van der Waals surface area contributed by atoms with Crippen LogP contribution in [0.25, 0.3) is 31.9 Å². The minimum atomic E-state index is -0.199. The van der Waals surface area contributed by atoms with Gasteiger partial charge in [0, 0.05) is 28.5 Å². The smallest absolute Gasteiger partial charge is 0.128 e. The van der Waals surface area contributed by atoms with Gasteiger partial charge in [-0.3, -0.25) is 4.99 Å². The number of phenolic OH excluding ortho intramolecular Hbond substituents is 1. The summed E-state index contributed by atoms with van der Waals surface area (Å²) in [6.45, 7) is 22.0. The van der Waals surface area contributed by atoms with Crippen LogP contribution in [0.5, 0.6) is 5.75 Å². The van der Waals surface area contributed by atoms with E-state index in [-0.39, 0.29) is 10.8 Å². The summed E-state index contributed by atoms with van der Waals surface area (Å²) in [5.74, 6) is 1.19. The molecule has 1 heterocycles. The van der Waals surface area contributed by atoms with Crippen molar-refractivity contribution in [3.05, 3.63) is 101 Å². The lowest BCUT2D eigenvalue weighted by atomic mass is 9.79. The molecular weight excluding hydrogens is 557 g/mol. The Kier molecular flexibility index (Phi) is 8.61. The summed E-state index contributed by atoms with van der Waals surface area (Å²) in [6.07, 6.45) is 1.81. The largest absolute Gasteiger partial charge is 0.507 e. The Morgan fingerprint density at radius 3 is 2.00 bits per heavy atom. The molecule has 44 heavy (non-hydrogen) atoms. The van der Waals surface area contributed by atoms with Gasteiger partial charge in [-0.15, -0.1) is 11.3 Å². The first-order chi connectivity index (χ1) is 20.6. The lowest BCUT2D eigenvalue weighted by Gasteiger charge is -2.27. The maximum Gasteiger partial charge on any atom is 0.128 e. The van der Waals surface area contributed by atoms with Gasteiger partial charge < -0.3 is 5.11 Å². The average Bonchev–Trinajstić information content (AvgIpc) is 3.39. The Hall–Kier alpha value is -3.76. The molecule has 0 saturated carbocycles. The zero-order chi connectivity index (χ0) is 32.0. The molecule has 0 saturated heterocycles. The fourth-order valence-electron chi connectivity index (χ4n) is 5.46. The quantitative estimate of drug-likeness (QED) is 0.197. The van der Waals surface area contributed by atoms with Crippen molar-refractivity contribution in [2.24, 2.45) is 4.99 Å². The molecule has 0 amide bonds. The summed E-state index contributed by atoms with van der Waals surface area (Å²) in [5, 5.41) is 12.3. The number of aromatic nitrogens is 1. The predicted octanol–water partition coefficient (Wildman–Crippen LogP) is 11.9. The van der Waals surface area contributed by atoms with Crippen molar-refractivity contribution in [1.82, 2.24) is 4.98 Å². The molecule has 0 radical (unpaired) electrons. The molecule has 1 aromatic heterocycles. The van der Waals surface area contributed by atoms with Gasteiger partial charge in [0.2, 0.25) is 0 Å². The molecule has 0 bridgehead atoms. The molecule has 3 nitrogen and oxygen atoms in total. The lowest BCUT2D eigenvalue weighted by Crippen LogP contribution is -2.17. The number of para-hydroxylation sites is 2. The Morgan fingerprint density at radius 2 is 1.39 bits per heavy atom. The second kappa shape index (κ2) is 12.0. The summed E-state index contributed by atoms with van der Waals surface area (Å²) < 4.78 is 1.16. The molecule has 0 spiro atoms. The molecule has 0 aliphatic rings. The van der Waals surface area contributed by atoms with Crippen molar-refractivity contribution in [2.45, 2.75) is 91.9 Å². The van der Waals surface area contributed by atoms with Crippen LogP contribution in [0.4, 0.5) is 5.69 Å². The molecule has 4 aromatic carbocycles. The average molecular weight is 603 g/mol. The maximum atomic E-state index is 11.3. The van der Waals surface area contributed by atoms with Gasteiger partial charge >= 0.3 is 0 Å². The first kappa shape index (κ1) is 31.7. The fraction of sp³-hybridized carbons (Fsp3) is 0.350. The second-order valence-corrected chi connectivity index (χ2v) is 15.6. The molecule has 0 aliphatic heterocycles. The summed E-state index contributed by atoms with van der Waals surface area (Å²) in [7, 11) is 0. The highest BCUT2D eigenvalue weighted by atomic mass is 32.1. The van der Waals surface area contributed by atoms with Crippen LogP contribution in [0.3, 0.4) is 0 Å². The summed E-state index contributed by atoms with van der Waals surface area (Å²) >= 11 is 1.70. The van der Waals surface area contributed by atoms with Crippen molar-refractivity contribution >= 4 is 33.5 Å². The Morgan fingerprint density at radius 1 is 0.750 bits per heavy atom. The van der Waals surface area contributed by atoms with Crippen molar-refractivity contribution in [3.8, 4) is 27.4 Å². The third-order valence-corrected chi connectivity index (χ3v) is 9.39. The minimum Gasteiger partial charge on any atom is -0.507 e. The number of rotatable bonds is 6. The van der Waals surface area contributed by atoms with Gasteiger partial charge in [0.1, 0.15) is 10.8 Å². The van der Waals surface area contributed by atoms with E-state index in [4.69, 9.17) is 9.98 Å². The number of fused-ring (bicyclic) bond motifs is 1. The molecule has 5 rings (SSSR count). The van der Waals surface area contributed by atoms with E-state index in [9.17, 15) is 5.11 Å². The van der Waals surface area contributed by atoms with Crippen LogP contribution in [0, 0.1) is 0 Å². The number of aromatic hydroxyl groups is 1. The molecule has 0 atom stereocenters. The van der Waals surface area contributed by atoms with Gasteiger partial charge in [0.25, 0.3) is 0 Å². The first-order valence-corrected chi connectivity index (χ1v) is 16.5. The van der Waals surface area contributed by atoms with Gasteiger partial charge in [-0.25, -0.2) is 4.98 Å². The zero-order valence-electron chi connectivity index (χ0n) is 27.9. The van der Waals surface area contributed by atoms with Crippen LogP contribution in [0.2, 0.25) is 0 Å². The third kappa shape index (κ3) is 6.51. The van der Waals surface area contributed by atoms with Crippen LogP contribution in [0.15, 0.2) is 77.8 Å². The second-order valence-electron chi connectivity index (χ2n) is 14.6. The number of nitrogens with zero attached hydrogens (tertiary/aromatic N) is 2. The van der Waals surface area contributed by atoms with Gasteiger partial charge in [-0.2, -0.15) is 0 Å². The van der Waals surface area contributed by atoms with Crippen LogP contribution in [0.1, 0.15) is 109 Å². The van der Waals surface area contributed by atoms with E-state index < -0.39 is 0 Å². The van der Waals surface area contributed by atoms with Gasteiger partial charge in [0.05, 0.1) is 15.9 Å². The number of hydrogen-bond donors (Lipinski definition) is 1. The van der Waals surface area contributed by atoms with Gasteiger partial charge in [0.15, 0.2) is 0 Å². The summed E-state index contributed by atoms with van der Waals surface area (Å²) in [6, 6.07) is 25.8. The zero-order valence-corrected chi connectivity index (χ0v) is 28.7. The topological polar surface area (TPSA) is 45.5 Å². The molecule has 1 N–H and O–H groups in total. The summed E-state index contributed by atoms with van der Waals surface area (Å²) in [5.41, 5.74) is 10.5. The number of hydrogen-bond acceptors (Lipinski definition) is 4. The van der Waals surface area contributed by atoms with Crippen LogP contribution in [-0.4, -0.2) is 16.3 Å². The van der Waals surface area contributed by atoms with E-state index in [2.05, 4.69) is 124 Å². The number of thiazole rings is 1. The fourth-order valence-corrected chi connectivity index (χ4v) is 6.49. The molecule has 5 aromatic rings. The highest BCUT2D eigenvalue weighted by molar-refractivity contribution is 7.21. The molecular formula is C40H46N2OS. The Labute approximate surface area is 267 Å². The minimum absolute atomic E-state index is 0.0580. The number of aliphatic imine (C=N–C) groups is 1.